The number of aromatic nitrogens is 2. The van der Waals surface area contributed by atoms with Gasteiger partial charge in [-0.15, -0.1) is 0 Å². The molecule has 0 unspecified atom stereocenters. The number of ether oxygens (including phenoxy) is 1. The molecule has 7 nitrogen and oxygen atoms in total. The minimum atomic E-state index is -0.156. The van der Waals surface area contributed by atoms with Crippen LogP contribution >= 0.6 is 34.8 Å². The van der Waals surface area contributed by atoms with Crippen LogP contribution in [0, 0.1) is 0 Å². The maximum absolute atomic E-state index is 13.3. The number of amides is 2. The molecule has 4 heterocycles. The zero-order chi connectivity index (χ0) is 26.7. The van der Waals surface area contributed by atoms with Gasteiger partial charge in [0.05, 0.1) is 22.8 Å². The van der Waals surface area contributed by atoms with Crippen molar-refractivity contribution in [2.45, 2.75) is 24.8 Å². The van der Waals surface area contributed by atoms with Gasteiger partial charge in [0.25, 0.3) is 0 Å². The Kier molecular flexibility index (Phi) is 8.09. The number of halogens is 3. The third-order valence-corrected chi connectivity index (χ3v) is 8.25. The lowest BCUT2D eigenvalue weighted by molar-refractivity contribution is 0.180. The highest BCUT2D eigenvalue weighted by molar-refractivity contribution is 6.42. The van der Waals surface area contributed by atoms with E-state index in [1.807, 2.05) is 41.4 Å². The van der Waals surface area contributed by atoms with Crippen molar-refractivity contribution >= 4 is 52.6 Å². The summed E-state index contributed by atoms with van der Waals surface area (Å²) in [6, 6.07) is 10.9. The van der Waals surface area contributed by atoms with Crippen LogP contribution in [0.4, 0.5) is 10.5 Å². The first kappa shape index (κ1) is 26.8. The van der Waals surface area contributed by atoms with Crippen LogP contribution in [0.5, 0.6) is 5.88 Å². The number of carbonyl (C=O) groups excluding carboxylic acids is 1. The molecule has 1 fully saturated rings. The molecule has 198 valence electrons. The number of hydrogen-bond acceptors (Lipinski definition) is 5. The Hall–Kier alpha value is -2.84. The quantitative estimate of drug-likeness (QED) is 0.355. The summed E-state index contributed by atoms with van der Waals surface area (Å²) in [7, 11) is 1.58. The molecule has 0 bridgehead atoms. The number of rotatable bonds is 6. The van der Waals surface area contributed by atoms with Gasteiger partial charge < -0.3 is 10.1 Å². The molecule has 1 N–H and O–H groups in total. The average molecular weight is 573 g/mol. The average Bonchev–Trinajstić information content (AvgIpc) is 3.23. The molecule has 2 aromatic heterocycles. The lowest BCUT2D eigenvalue weighted by Gasteiger charge is -2.39. The Morgan fingerprint density at radius 1 is 1.11 bits per heavy atom. The monoisotopic (exact) mass is 571 g/mol. The SMILES string of the molecule is COc1cc2c(cn1)C1(CCN(CC=Cc3ccc(Cl)c(Cl)c3)CC1)CN2C(=O)NCc1ccnc(Cl)c1. The number of hydrogen-bond donors (Lipinski definition) is 1. The third-order valence-electron chi connectivity index (χ3n) is 7.30. The molecule has 1 aromatic carbocycles. The molecule has 2 amide bonds. The molecule has 0 aliphatic carbocycles. The first-order chi connectivity index (χ1) is 18.4. The van der Waals surface area contributed by atoms with Crippen molar-refractivity contribution in [3.8, 4) is 5.88 Å². The molecule has 1 spiro atoms. The Morgan fingerprint density at radius 3 is 2.66 bits per heavy atom. The van der Waals surface area contributed by atoms with E-state index in [9.17, 15) is 4.79 Å². The molecule has 5 rings (SSSR count). The van der Waals surface area contributed by atoms with Gasteiger partial charge in [-0.2, -0.15) is 0 Å². The maximum atomic E-state index is 13.3. The number of methoxy groups -OCH3 is 1. The van der Waals surface area contributed by atoms with Gasteiger partial charge in [-0.05, 0) is 61.3 Å². The molecule has 10 heteroatoms. The number of nitrogens with one attached hydrogen (secondary N) is 1. The molecule has 2 aliphatic heterocycles. The number of nitrogens with zero attached hydrogens (tertiary/aromatic N) is 4. The Morgan fingerprint density at radius 2 is 1.92 bits per heavy atom. The van der Waals surface area contributed by atoms with Crippen molar-refractivity contribution < 1.29 is 9.53 Å². The van der Waals surface area contributed by atoms with Gasteiger partial charge in [-0.3, -0.25) is 9.80 Å². The van der Waals surface area contributed by atoms with Gasteiger partial charge in [0.1, 0.15) is 5.15 Å². The fourth-order valence-corrected chi connectivity index (χ4v) is 5.70. The van der Waals surface area contributed by atoms with Crippen molar-refractivity contribution in [2.75, 3.05) is 38.2 Å². The predicted molar refractivity (Wildman–Crippen MR) is 152 cm³/mol. The maximum Gasteiger partial charge on any atom is 0.322 e. The van der Waals surface area contributed by atoms with E-state index in [-0.39, 0.29) is 11.4 Å². The van der Waals surface area contributed by atoms with Gasteiger partial charge in [0.2, 0.25) is 5.88 Å². The van der Waals surface area contributed by atoms with E-state index in [0.717, 1.165) is 54.9 Å². The van der Waals surface area contributed by atoms with Crippen LogP contribution in [-0.4, -0.2) is 54.2 Å². The second kappa shape index (κ2) is 11.5. The first-order valence-corrected chi connectivity index (χ1v) is 13.5. The number of anilines is 1. The number of pyridine rings is 2. The van der Waals surface area contributed by atoms with Crippen molar-refractivity contribution in [2.24, 2.45) is 0 Å². The number of benzene rings is 1. The minimum absolute atomic E-state index is 0.143. The Balaban J connectivity index is 1.26. The van der Waals surface area contributed by atoms with Crippen LogP contribution in [0.25, 0.3) is 6.08 Å². The van der Waals surface area contributed by atoms with Gasteiger partial charge >= 0.3 is 6.03 Å². The molecule has 0 saturated carbocycles. The second-order valence-electron chi connectivity index (χ2n) is 9.63. The van der Waals surface area contributed by atoms with Crippen LogP contribution in [0.2, 0.25) is 15.2 Å². The molecule has 38 heavy (non-hydrogen) atoms. The number of urea groups is 1. The summed E-state index contributed by atoms with van der Waals surface area (Å²) in [4.78, 5) is 26.1. The summed E-state index contributed by atoms with van der Waals surface area (Å²) < 4.78 is 5.37. The zero-order valence-electron chi connectivity index (χ0n) is 21.0. The highest BCUT2D eigenvalue weighted by Crippen LogP contribution is 2.47. The lowest BCUT2D eigenvalue weighted by atomic mass is 9.75. The highest BCUT2D eigenvalue weighted by Gasteiger charge is 2.46. The third kappa shape index (κ3) is 5.76. The van der Waals surface area contributed by atoms with Crippen molar-refractivity contribution in [3.63, 3.8) is 0 Å². The van der Waals surface area contributed by atoms with Crippen molar-refractivity contribution in [3.05, 3.63) is 86.8 Å². The van der Waals surface area contributed by atoms with Crippen LogP contribution in [-0.2, 0) is 12.0 Å². The summed E-state index contributed by atoms with van der Waals surface area (Å²) in [5, 5.41) is 4.54. The van der Waals surface area contributed by atoms with Crippen LogP contribution < -0.4 is 15.0 Å². The summed E-state index contributed by atoms with van der Waals surface area (Å²) in [5.74, 6) is 0.490. The Labute approximate surface area is 237 Å². The molecule has 0 atom stereocenters. The molecule has 2 aliphatic rings. The fourth-order valence-electron chi connectivity index (χ4n) is 5.19. The number of piperidine rings is 1. The first-order valence-electron chi connectivity index (χ1n) is 12.4. The second-order valence-corrected chi connectivity index (χ2v) is 10.8. The van der Waals surface area contributed by atoms with Gasteiger partial charge in [0.15, 0.2) is 0 Å². The van der Waals surface area contributed by atoms with E-state index in [2.05, 4.69) is 32.3 Å². The van der Waals surface area contributed by atoms with E-state index in [0.29, 0.717) is 34.2 Å². The lowest BCUT2D eigenvalue weighted by Crippen LogP contribution is -2.47. The topological polar surface area (TPSA) is 70.6 Å². The van der Waals surface area contributed by atoms with Crippen LogP contribution in [0.3, 0.4) is 0 Å². The van der Waals surface area contributed by atoms with Crippen molar-refractivity contribution in [1.82, 2.24) is 20.2 Å². The van der Waals surface area contributed by atoms with E-state index in [4.69, 9.17) is 39.5 Å². The summed E-state index contributed by atoms with van der Waals surface area (Å²) >= 11 is 18.1. The number of carbonyl (C=O) groups is 1. The van der Waals surface area contributed by atoms with Crippen molar-refractivity contribution in [1.29, 1.82) is 0 Å². The Bertz CT molecular complexity index is 1360. The predicted octanol–water partition coefficient (Wildman–Crippen LogP) is 6.22. The highest BCUT2D eigenvalue weighted by atomic mass is 35.5. The normalized spacial score (nSPS) is 16.7. The molecular weight excluding hydrogens is 545 g/mol. The van der Waals surface area contributed by atoms with E-state index < -0.39 is 0 Å². The smallest absolute Gasteiger partial charge is 0.322 e. The van der Waals surface area contributed by atoms with E-state index in [1.54, 1.807) is 19.4 Å². The van der Waals surface area contributed by atoms with E-state index >= 15 is 0 Å². The number of fused-ring (bicyclic) bond motifs is 2. The standard InChI is InChI=1S/C28H28Cl3N5O2/c1-38-26-15-24-21(17-33-26)28(18-36(24)27(37)34-16-20-6-9-32-25(31)14-20)7-11-35(12-8-28)10-2-3-19-4-5-22(29)23(30)13-19/h2-6,9,13-15,17H,7-8,10-12,16,18H2,1H3,(H,34,37). The van der Waals surface area contributed by atoms with Gasteiger partial charge in [0, 0.05) is 49.1 Å². The fraction of sp³-hybridized carbons (Fsp3) is 0.321. The largest absolute Gasteiger partial charge is 0.481 e. The summed E-state index contributed by atoms with van der Waals surface area (Å²) in [5.41, 5.74) is 3.73. The minimum Gasteiger partial charge on any atom is -0.481 e. The molecule has 1 saturated heterocycles. The summed E-state index contributed by atoms with van der Waals surface area (Å²) in [6.07, 6.45) is 9.59. The molecule has 3 aromatic rings. The molecule has 0 radical (unpaired) electrons. The molecular formula is C28H28Cl3N5O2. The van der Waals surface area contributed by atoms with Gasteiger partial charge in [-0.25, -0.2) is 14.8 Å². The van der Waals surface area contributed by atoms with Gasteiger partial charge in [-0.1, -0.05) is 53.0 Å². The zero-order valence-corrected chi connectivity index (χ0v) is 23.2. The van der Waals surface area contributed by atoms with E-state index in [1.165, 1.54) is 0 Å². The number of likely N-dealkylation sites (tertiary alicyclic amines) is 1. The summed E-state index contributed by atoms with van der Waals surface area (Å²) in [6.45, 7) is 3.64. The van der Waals surface area contributed by atoms with Crippen LogP contribution in [0.15, 0.2) is 54.9 Å². The van der Waals surface area contributed by atoms with Crippen LogP contribution in [0.1, 0.15) is 29.5 Å².